The number of carbonyl (C=O) groups excluding carboxylic acids is 1. The maximum absolute atomic E-state index is 12.9. The Balaban J connectivity index is 1.62. The van der Waals surface area contributed by atoms with Crippen molar-refractivity contribution < 1.29 is 38.4 Å². The zero-order valence-electron chi connectivity index (χ0n) is 26.2. The lowest BCUT2D eigenvalue weighted by molar-refractivity contribution is -0.155. The van der Waals surface area contributed by atoms with Gasteiger partial charge >= 0.3 is 17.6 Å². The van der Waals surface area contributed by atoms with Gasteiger partial charge in [0.2, 0.25) is 0 Å². The molecule has 2 N–H and O–H groups in total. The highest BCUT2D eigenvalue weighted by molar-refractivity contribution is 5.76. The number of nitrogens with zero attached hydrogens (tertiary/aromatic N) is 1. The molecule has 1 aliphatic heterocycles. The number of ether oxygens (including phenoxy) is 5. The van der Waals surface area contributed by atoms with E-state index in [1.807, 2.05) is 78.9 Å². The third kappa shape index (κ3) is 7.29. The van der Waals surface area contributed by atoms with Crippen molar-refractivity contribution in [3.05, 3.63) is 128 Å². The monoisotopic (exact) mass is 644 g/mol. The van der Waals surface area contributed by atoms with Crippen LogP contribution < -0.4 is 20.7 Å². The van der Waals surface area contributed by atoms with Crippen molar-refractivity contribution in [3.8, 4) is 11.5 Å². The second-order valence-electron chi connectivity index (χ2n) is 11.1. The number of H-pyrrole nitrogens is 1. The van der Waals surface area contributed by atoms with E-state index < -0.39 is 47.2 Å². The van der Waals surface area contributed by atoms with Crippen LogP contribution in [0.25, 0.3) is 0 Å². The first kappa shape index (κ1) is 33.2. The average molecular weight is 645 g/mol. The molecule has 1 aliphatic rings. The summed E-state index contributed by atoms with van der Waals surface area (Å²) in [7, 11) is 3.16. The fraction of sp³-hybridized carbons (Fsp3) is 0.314. The molecule has 0 amide bonds. The highest BCUT2D eigenvalue weighted by Gasteiger charge is 2.46. The van der Waals surface area contributed by atoms with Crippen LogP contribution in [0.4, 0.5) is 0 Å². The number of esters is 1. The SMILES string of the molecule is COc1ccc(C(O[C@H]2C[C@H](n3cc(C)c(=O)[nH]c3=O)O[C@@H]2COC(=O)CCC(=O)O)(c2ccccc2)c2ccc(OC)cc2)cc1. The molecule has 12 nitrogen and oxygen atoms in total. The van der Waals surface area contributed by atoms with Gasteiger partial charge in [-0.1, -0.05) is 54.6 Å². The van der Waals surface area contributed by atoms with Gasteiger partial charge in [0, 0.05) is 18.2 Å². The van der Waals surface area contributed by atoms with Crippen LogP contribution in [-0.4, -0.2) is 59.6 Å². The topological polar surface area (TPSA) is 155 Å². The van der Waals surface area contributed by atoms with Crippen LogP contribution in [-0.2, 0) is 29.4 Å². The summed E-state index contributed by atoms with van der Waals surface area (Å²) in [4.78, 5) is 50.8. The van der Waals surface area contributed by atoms with E-state index in [-0.39, 0.29) is 25.9 Å². The summed E-state index contributed by atoms with van der Waals surface area (Å²) < 4.78 is 31.2. The largest absolute Gasteiger partial charge is 0.497 e. The molecule has 12 heteroatoms. The Morgan fingerprint density at radius 3 is 2.02 bits per heavy atom. The predicted octanol–water partition coefficient (Wildman–Crippen LogP) is 3.94. The average Bonchev–Trinajstić information content (AvgIpc) is 3.49. The number of aromatic nitrogens is 2. The molecule has 0 spiro atoms. The molecule has 0 radical (unpaired) electrons. The van der Waals surface area contributed by atoms with Gasteiger partial charge in [-0.05, 0) is 47.9 Å². The third-order valence-electron chi connectivity index (χ3n) is 8.09. The summed E-state index contributed by atoms with van der Waals surface area (Å²) in [5, 5.41) is 9.01. The number of rotatable bonds is 13. The number of nitrogens with one attached hydrogen (secondary N) is 1. The summed E-state index contributed by atoms with van der Waals surface area (Å²) in [5.41, 5.74) is 0.184. The van der Waals surface area contributed by atoms with Crippen molar-refractivity contribution in [2.45, 2.75) is 50.2 Å². The molecule has 0 saturated carbocycles. The Hall–Kier alpha value is -5.20. The minimum Gasteiger partial charge on any atom is -0.497 e. The molecular weight excluding hydrogens is 608 g/mol. The maximum atomic E-state index is 12.9. The van der Waals surface area contributed by atoms with Gasteiger partial charge in [-0.25, -0.2) is 4.79 Å². The standard InChI is InChI=1S/C35H36N2O10/c1-22-20-37(34(42)36-33(22)41)30-19-28(29(46-30)21-45-32(40)18-17-31(38)39)47-35(23-7-5-4-6-8-23,24-9-13-26(43-2)14-10-24)25-11-15-27(44-3)16-12-25/h4-16,20,28-30H,17-19,21H2,1-3H3,(H,38,39)(H,36,41,42)/t28-,29+,30+/m0/s1. The van der Waals surface area contributed by atoms with Gasteiger partial charge in [0.1, 0.15) is 36.0 Å². The first-order valence-corrected chi connectivity index (χ1v) is 15.0. The minimum atomic E-state index is -1.25. The number of aromatic amines is 1. The maximum Gasteiger partial charge on any atom is 0.330 e. The molecule has 2 heterocycles. The van der Waals surface area contributed by atoms with E-state index in [9.17, 15) is 19.2 Å². The van der Waals surface area contributed by atoms with Gasteiger partial charge in [-0.15, -0.1) is 0 Å². The van der Waals surface area contributed by atoms with Crippen LogP contribution in [0.3, 0.4) is 0 Å². The molecule has 4 aromatic rings. The van der Waals surface area contributed by atoms with Gasteiger partial charge in [-0.2, -0.15) is 0 Å². The van der Waals surface area contributed by atoms with Crippen LogP contribution in [0.2, 0.25) is 0 Å². The van der Waals surface area contributed by atoms with Crippen molar-refractivity contribution in [2.75, 3.05) is 20.8 Å². The molecule has 3 atom stereocenters. The Bertz CT molecular complexity index is 1750. The van der Waals surface area contributed by atoms with Gasteiger partial charge < -0.3 is 28.8 Å². The molecule has 1 aromatic heterocycles. The van der Waals surface area contributed by atoms with Gasteiger partial charge in [0.25, 0.3) is 5.56 Å². The Morgan fingerprint density at radius 1 is 0.894 bits per heavy atom. The van der Waals surface area contributed by atoms with Crippen molar-refractivity contribution in [2.24, 2.45) is 0 Å². The number of benzene rings is 3. The zero-order chi connectivity index (χ0) is 33.6. The highest BCUT2D eigenvalue weighted by Crippen LogP contribution is 2.45. The van der Waals surface area contributed by atoms with E-state index in [0.717, 1.165) is 16.7 Å². The molecule has 0 bridgehead atoms. The second kappa shape index (κ2) is 14.5. The van der Waals surface area contributed by atoms with Crippen molar-refractivity contribution in [1.29, 1.82) is 0 Å². The Morgan fingerprint density at radius 2 is 1.47 bits per heavy atom. The van der Waals surface area contributed by atoms with Crippen LogP contribution in [0, 0.1) is 6.92 Å². The molecule has 1 saturated heterocycles. The number of hydrogen-bond donors (Lipinski definition) is 2. The van der Waals surface area contributed by atoms with Crippen molar-refractivity contribution in [1.82, 2.24) is 9.55 Å². The molecule has 47 heavy (non-hydrogen) atoms. The number of methoxy groups -OCH3 is 2. The van der Waals surface area contributed by atoms with E-state index >= 15 is 0 Å². The lowest BCUT2D eigenvalue weighted by Crippen LogP contribution is -2.41. The van der Waals surface area contributed by atoms with Crippen molar-refractivity contribution >= 4 is 11.9 Å². The molecule has 0 aliphatic carbocycles. The summed E-state index contributed by atoms with van der Waals surface area (Å²) in [5.74, 6) is -0.544. The zero-order valence-corrected chi connectivity index (χ0v) is 26.2. The fourth-order valence-electron chi connectivity index (χ4n) is 5.66. The number of aryl methyl sites for hydroxylation is 1. The summed E-state index contributed by atoms with van der Waals surface area (Å²) in [6.45, 7) is 1.31. The quantitative estimate of drug-likeness (QED) is 0.162. The van der Waals surface area contributed by atoms with E-state index in [4.69, 9.17) is 28.8 Å². The summed E-state index contributed by atoms with van der Waals surface area (Å²) in [6, 6.07) is 24.5. The first-order chi connectivity index (χ1) is 22.6. The van der Waals surface area contributed by atoms with E-state index in [1.54, 1.807) is 21.1 Å². The van der Waals surface area contributed by atoms with Gasteiger partial charge in [0.05, 0.1) is 33.2 Å². The van der Waals surface area contributed by atoms with E-state index in [2.05, 4.69) is 4.98 Å². The summed E-state index contributed by atoms with van der Waals surface area (Å²) >= 11 is 0. The van der Waals surface area contributed by atoms with Crippen LogP contribution >= 0.6 is 0 Å². The highest BCUT2D eigenvalue weighted by atomic mass is 16.6. The smallest absolute Gasteiger partial charge is 0.330 e. The second-order valence-corrected chi connectivity index (χ2v) is 11.1. The molecule has 0 unspecified atom stereocenters. The van der Waals surface area contributed by atoms with Gasteiger partial charge in [-0.3, -0.25) is 23.9 Å². The normalized spacial score (nSPS) is 17.6. The number of carbonyl (C=O) groups is 2. The lowest BCUT2D eigenvalue weighted by Gasteiger charge is -2.39. The number of hydrogen-bond acceptors (Lipinski definition) is 9. The number of carboxylic acid groups (broad SMARTS) is 1. The summed E-state index contributed by atoms with van der Waals surface area (Å²) in [6.07, 6.45) is -1.69. The van der Waals surface area contributed by atoms with E-state index in [0.29, 0.717) is 17.1 Å². The predicted molar refractivity (Wildman–Crippen MR) is 170 cm³/mol. The first-order valence-electron chi connectivity index (χ1n) is 15.0. The Labute approximate surface area is 270 Å². The fourth-order valence-corrected chi connectivity index (χ4v) is 5.66. The minimum absolute atomic E-state index is 0.142. The number of aliphatic carboxylic acids is 1. The molecule has 5 rings (SSSR count). The van der Waals surface area contributed by atoms with Crippen LogP contribution in [0.15, 0.2) is 94.6 Å². The van der Waals surface area contributed by atoms with Gasteiger partial charge in [0.15, 0.2) is 0 Å². The van der Waals surface area contributed by atoms with E-state index in [1.165, 1.54) is 10.8 Å². The molecule has 1 fully saturated rings. The lowest BCUT2D eigenvalue weighted by atomic mass is 9.79. The molecule has 246 valence electrons. The van der Waals surface area contributed by atoms with Crippen LogP contribution in [0.5, 0.6) is 11.5 Å². The molecular formula is C35H36N2O10. The number of carboxylic acids is 1. The third-order valence-corrected chi connectivity index (χ3v) is 8.09. The van der Waals surface area contributed by atoms with Crippen LogP contribution in [0.1, 0.15) is 47.7 Å². The molecule has 3 aromatic carbocycles. The van der Waals surface area contributed by atoms with Crippen molar-refractivity contribution in [3.63, 3.8) is 0 Å². The Kier molecular flexibility index (Phi) is 10.2.